The van der Waals surface area contributed by atoms with Gasteiger partial charge >= 0.3 is 0 Å². The second kappa shape index (κ2) is 11.0. The fraction of sp³-hybridized carbons (Fsp3) is 0.312. The van der Waals surface area contributed by atoms with E-state index in [0.29, 0.717) is 0 Å². The molecule has 6 heteroatoms. The highest BCUT2D eigenvalue weighted by molar-refractivity contribution is 7.80. The lowest BCUT2D eigenvalue weighted by molar-refractivity contribution is 0.565. The molecule has 3 heterocycles. The Labute approximate surface area is 232 Å². The molecule has 0 aliphatic carbocycles. The Morgan fingerprint density at radius 2 is 1.58 bits per heavy atom. The molecule has 1 aliphatic heterocycles. The minimum atomic E-state index is -0.0615. The summed E-state index contributed by atoms with van der Waals surface area (Å²) in [6.45, 7) is 13.0. The highest BCUT2D eigenvalue weighted by atomic mass is 32.1. The van der Waals surface area contributed by atoms with Crippen LogP contribution in [0.15, 0.2) is 79.0 Å². The fourth-order valence-electron chi connectivity index (χ4n) is 5.73. The average molecular weight is 524 g/mol. The molecule has 38 heavy (non-hydrogen) atoms. The Bertz CT molecular complexity index is 1390. The second-order valence-corrected chi connectivity index (χ2v) is 10.3. The summed E-state index contributed by atoms with van der Waals surface area (Å²) in [5, 5.41) is 4.33. The molecule has 0 spiro atoms. The number of benzene rings is 2. The van der Waals surface area contributed by atoms with Crippen molar-refractivity contribution in [1.82, 2.24) is 14.9 Å². The zero-order chi connectivity index (χ0) is 26.8. The van der Waals surface area contributed by atoms with Gasteiger partial charge < -0.3 is 19.7 Å². The molecule has 1 N–H and O–H groups in total. The van der Waals surface area contributed by atoms with E-state index in [1.54, 1.807) is 0 Å². The number of rotatable bonds is 8. The number of thiocarbonyl (C=S) groups is 1. The minimum absolute atomic E-state index is 0.0280. The summed E-state index contributed by atoms with van der Waals surface area (Å²) < 4.78 is 2.36. The molecule has 2 aromatic heterocycles. The summed E-state index contributed by atoms with van der Waals surface area (Å²) in [5.41, 5.74) is 9.48. The molecule has 1 saturated heterocycles. The zero-order valence-corrected chi connectivity index (χ0v) is 23.8. The smallest absolute Gasteiger partial charge is 0.174 e. The van der Waals surface area contributed by atoms with Crippen LogP contribution in [0.1, 0.15) is 61.1 Å². The van der Waals surface area contributed by atoms with Crippen molar-refractivity contribution >= 4 is 28.7 Å². The summed E-state index contributed by atoms with van der Waals surface area (Å²) in [6.07, 6.45) is 2.87. The van der Waals surface area contributed by atoms with Crippen molar-refractivity contribution in [1.29, 1.82) is 0 Å². The Morgan fingerprint density at radius 3 is 2.18 bits per heavy atom. The number of pyridine rings is 1. The van der Waals surface area contributed by atoms with Crippen LogP contribution in [-0.4, -0.2) is 27.8 Å². The van der Waals surface area contributed by atoms with E-state index in [-0.39, 0.29) is 12.1 Å². The lowest BCUT2D eigenvalue weighted by Gasteiger charge is -2.28. The highest BCUT2D eigenvalue weighted by Crippen LogP contribution is 2.43. The maximum atomic E-state index is 5.95. The summed E-state index contributed by atoms with van der Waals surface area (Å²) in [6, 6.07) is 26.0. The van der Waals surface area contributed by atoms with Crippen molar-refractivity contribution in [2.75, 3.05) is 22.9 Å². The third-order valence-corrected chi connectivity index (χ3v) is 8.06. The van der Waals surface area contributed by atoms with Crippen LogP contribution in [0.3, 0.4) is 0 Å². The first kappa shape index (κ1) is 26.0. The van der Waals surface area contributed by atoms with Crippen molar-refractivity contribution in [3.8, 4) is 5.69 Å². The van der Waals surface area contributed by atoms with Crippen LogP contribution in [0, 0.1) is 13.8 Å². The molecule has 1 fully saturated rings. The molecule has 5 rings (SSSR count). The quantitative estimate of drug-likeness (QED) is 0.250. The van der Waals surface area contributed by atoms with Crippen LogP contribution >= 0.6 is 12.2 Å². The first-order valence-electron chi connectivity index (χ1n) is 13.6. The lowest BCUT2D eigenvalue weighted by Crippen LogP contribution is -2.29. The van der Waals surface area contributed by atoms with E-state index in [0.717, 1.165) is 36.0 Å². The van der Waals surface area contributed by atoms with E-state index < -0.39 is 0 Å². The Hall–Kier alpha value is -3.64. The third-order valence-electron chi connectivity index (χ3n) is 7.75. The predicted octanol–water partition coefficient (Wildman–Crippen LogP) is 7.07. The van der Waals surface area contributed by atoms with E-state index in [2.05, 4.69) is 115 Å². The van der Waals surface area contributed by atoms with E-state index in [9.17, 15) is 0 Å². The lowest BCUT2D eigenvalue weighted by atomic mass is 9.96. The van der Waals surface area contributed by atoms with Gasteiger partial charge in [0, 0.05) is 47.7 Å². The van der Waals surface area contributed by atoms with Crippen LogP contribution in [0.2, 0.25) is 0 Å². The van der Waals surface area contributed by atoms with Gasteiger partial charge in [-0.25, -0.2) is 0 Å². The highest BCUT2D eigenvalue weighted by Gasteiger charge is 2.42. The van der Waals surface area contributed by atoms with Gasteiger partial charge in [-0.05, 0) is 112 Å². The van der Waals surface area contributed by atoms with Gasteiger partial charge in [-0.2, -0.15) is 0 Å². The van der Waals surface area contributed by atoms with Crippen molar-refractivity contribution < 1.29 is 0 Å². The Kier molecular flexibility index (Phi) is 7.52. The van der Waals surface area contributed by atoms with Crippen LogP contribution in [0.25, 0.3) is 5.69 Å². The average Bonchev–Trinajstić information content (AvgIpc) is 3.45. The zero-order valence-electron chi connectivity index (χ0n) is 23.0. The molecular formula is C32H37N5S. The van der Waals surface area contributed by atoms with Gasteiger partial charge in [0.15, 0.2) is 5.11 Å². The largest absolute Gasteiger partial charge is 0.372 e. The van der Waals surface area contributed by atoms with Gasteiger partial charge in [0.2, 0.25) is 0 Å². The SMILES string of the molecule is CCc1ccc(N2C(=S)N[C@H](c3ccccn3)[C@H]2c2cc(C)n(-c3ccc(N(CC)CC)cc3)c2C)cc1. The van der Waals surface area contributed by atoms with Crippen LogP contribution in [0.4, 0.5) is 11.4 Å². The minimum Gasteiger partial charge on any atom is -0.372 e. The summed E-state index contributed by atoms with van der Waals surface area (Å²) in [5.74, 6) is 0. The molecule has 0 amide bonds. The van der Waals surface area contributed by atoms with Gasteiger partial charge in [0.05, 0.1) is 17.8 Å². The predicted molar refractivity (Wildman–Crippen MR) is 163 cm³/mol. The van der Waals surface area contributed by atoms with Crippen LogP contribution in [0.5, 0.6) is 0 Å². The standard InChI is InChI=1S/C32H37N5S/c1-6-24-12-14-27(15-13-24)37-31(30(34-32(37)38)29-11-9-10-20-33-29)28-21-22(4)36(23(28)5)26-18-16-25(17-19-26)35(7-2)8-3/h9-21,30-31H,6-8H2,1-5H3,(H,34,38)/t30-,31-/m1/s1. The Balaban J connectivity index is 1.60. The van der Waals surface area contributed by atoms with Crippen LogP contribution < -0.4 is 15.1 Å². The number of aromatic nitrogens is 2. The van der Waals surface area contributed by atoms with Crippen molar-refractivity contribution in [2.45, 2.75) is 53.1 Å². The van der Waals surface area contributed by atoms with Crippen molar-refractivity contribution in [2.24, 2.45) is 0 Å². The van der Waals surface area contributed by atoms with Gasteiger partial charge in [0.1, 0.15) is 0 Å². The molecule has 0 bridgehead atoms. The van der Waals surface area contributed by atoms with E-state index >= 15 is 0 Å². The molecule has 4 aromatic rings. The molecule has 5 nitrogen and oxygen atoms in total. The first-order valence-corrected chi connectivity index (χ1v) is 14.0. The van der Waals surface area contributed by atoms with Gasteiger partial charge in [-0.15, -0.1) is 0 Å². The molecule has 2 atom stereocenters. The molecule has 0 radical (unpaired) electrons. The van der Waals surface area contributed by atoms with E-state index in [4.69, 9.17) is 17.2 Å². The van der Waals surface area contributed by atoms with Gasteiger partial charge in [0.25, 0.3) is 0 Å². The van der Waals surface area contributed by atoms with Gasteiger partial charge in [-0.3, -0.25) is 4.98 Å². The monoisotopic (exact) mass is 523 g/mol. The maximum absolute atomic E-state index is 5.95. The first-order chi connectivity index (χ1) is 18.5. The summed E-state index contributed by atoms with van der Waals surface area (Å²) >= 11 is 5.95. The molecule has 1 aliphatic rings. The third kappa shape index (κ3) is 4.69. The van der Waals surface area contributed by atoms with Crippen molar-refractivity contribution in [3.05, 3.63) is 107 Å². The van der Waals surface area contributed by atoms with E-state index in [1.165, 1.54) is 33.9 Å². The number of anilines is 2. The second-order valence-electron chi connectivity index (χ2n) is 9.87. The number of hydrogen-bond donors (Lipinski definition) is 1. The number of aryl methyl sites for hydroxylation is 2. The number of nitrogens with one attached hydrogen (secondary N) is 1. The van der Waals surface area contributed by atoms with E-state index in [1.807, 2.05) is 18.3 Å². The topological polar surface area (TPSA) is 36.3 Å². The number of nitrogens with zero attached hydrogens (tertiary/aromatic N) is 4. The normalized spacial score (nSPS) is 17.1. The molecular weight excluding hydrogens is 486 g/mol. The summed E-state index contributed by atoms with van der Waals surface area (Å²) in [7, 11) is 0. The fourth-order valence-corrected chi connectivity index (χ4v) is 6.07. The number of hydrogen-bond acceptors (Lipinski definition) is 3. The molecule has 0 saturated carbocycles. The van der Waals surface area contributed by atoms with Gasteiger partial charge in [-0.1, -0.05) is 25.1 Å². The Morgan fingerprint density at radius 1 is 0.895 bits per heavy atom. The summed E-state index contributed by atoms with van der Waals surface area (Å²) in [4.78, 5) is 9.36. The van der Waals surface area contributed by atoms with Crippen molar-refractivity contribution in [3.63, 3.8) is 0 Å². The molecule has 0 unspecified atom stereocenters. The molecule has 2 aromatic carbocycles. The van der Waals surface area contributed by atoms with Crippen LogP contribution in [-0.2, 0) is 6.42 Å². The maximum Gasteiger partial charge on any atom is 0.174 e. The molecule has 196 valence electrons.